The normalized spacial score (nSPS) is 46.2. The second-order valence-corrected chi connectivity index (χ2v) is 15.0. The van der Waals surface area contributed by atoms with E-state index in [1.54, 1.807) is 0 Å². The Morgan fingerprint density at radius 3 is 2.57 bits per heavy atom. The van der Waals surface area contributed by atoms with Crippen molar-refractivity contribution in [1.29, 1.82) is 0 Å². The first-order chi connectivity index (χ1) is 16.7. The van der Waals surface area contributed by atoms with Crippen LogP contribution in [-0.4, -0.2) is 18.3 Å². The van der Waals surface area contributed by atoms with Crippen molar-refractivity contribution in [2.75, 3.05) is 7.11 Å². The van der Waals surface area contributed by atoms with Gasteiger partial charge in [0.2, 0.25) is 0 Å². The van der Waals surface area contributed by atoms with Crippen molar-refractivity contribution < 1.29 is 9.53 Å². The molecular weight excluding hydrogens is 448 g/mol. The Morgan fingerprint density at radius 2 is 1.86 bits per heavy atom. The third kappa shape index (κ3) is 3.52. The van der Waals surface area contributed by atoms with Gasteiger partial charge in [-0.2, -0.15) is 0 Å². The molecule has 5 saturated carbocycles. The van der Waals surface area contributed by atoms with Crippen LogP contribution in [0.2, 0.25) is 0 Å². The van der Waals surface area contributed by atoms with Crippen molar-refractivity contribution in [1.82, 2.24) is 0 Å². The predicted octanol–water partition coefficient (Wildman–Crippen LogP) is 8.31. The fourth-order valence-electron chi connectivity index (χ4n) is 10.8. The summed E-state index contributed by atoms with van der Waals surface area (Å²) in [5.74, 6) is 5.04. The number of hydrogen-bond acceptors (Lipinski definition) is 3. The van der Waals surface area contributed by atoms with E-state index in [4.69, 9.17) is 4.74 Å². The number of esters is 1. The van der Waals surface area contributed by atoms with Crippen molar-refractivity contribution >= 4 is 17.7 Å². The molecule has 0 bridgehead atoms. The van der Waals surface area contributed by atoms with Crippen molar-refractivity contribution in [3.63, 3.8) is 0 Å². The van der Waals surface area contributed by atoms with Crippen molar-refractivity contribution in [2.45, 2.75) is 102 Å². The average molecular weight is 495 g/mol. The summed E-state index contributed by atoms with van der Waals surface area (Å²) in [4.78, 5) is 13.3. The summed E-state index contributed by atoms with van der Waals surface area (Å²) >= 11 is 2.25. The van der Waals surface area contributed by atoms with Gasteiger partial charge in [-0.15, -0.1) is 11.8 Å². The summed E-state index contributed by atoms with van der Waals surface area (Å²) in [7, 11) is 1.52. The maximum Gasteiger partial charge on any atom is 0.305 e. The van der Waals surface area contributed by atoms with E-state index in [9.17, 15) is 4.79 Å². The molecule has 2 nitrogen and oxygen atoms in total. The van der Waals surface area contributed by atoms with E-state index in [0.29, 0.717) is 28.6 Å². The lowest BCUT2D eigenvalue weighted by Crippen LogP contribution is -2.56. The van der Waals surface area contributed by atoms with E-state index in [0.717, 1.165) is 41.3 Å². The molecule has 1 aromatic carbocycles. The van der Waals surface area contributed by atoms with E-state index < -0.39 is 0 Å². The van der Waals surface area contributed by atoms with Crippen molar-refractivity contribution in [2.24, 2.45) is 51.8 Å². The van der Waals surface area contributed by atoms with Crippen molar-refractivity contribution in [3.8, 4) is 0 Å². The molecule has 0 unspecified atom stereocenters. The highest BCUT2D eigenvalue weighted by atomic mass is 32.2. The lowest BCUT2D eigenvalue weighted by Gasteiger charge is -2.61. The first-order valence-corrected chi connectivity index (χ1v) is 15.4. The Bertz CT molecular complexity index is 972. The number of hydrogen-bond donors (Lipinski definition) is 0. The monoisotopic (exact) mass is 494 g/mol. The largest absolute Gasteiger partial charge is 0.469 e. The third-order valence-electron chi connectivity index (χ3n) is 12.6. The van der Waals surface area contributed by atoms with E-state index in [-0.39, 0.29) is 5.97 Å². The quantitative estimate of drug-likeness (QED) is 0.372. The molecule has 0 amide bonds. The summed E-state index contributed by atoms with van der Waals surface area (Å²) in [5.41, 5.74) is 2.99. The molecule has 5 aliphatic rings. The lowest BCUT2D eigenvalue weighted by molar-refractivity contribution is -0.141. The van der Waals surface area contributed by atoms with Gasteiger partial charge in [0.05, 0.1) is 7.11 Å². The van der Waals surface area contributed by atoms with Crippen LogP contribution in [0.5, 0.6) is 0 Å². The smallest absolute Gasteiger partial charge is 0.305 e. The molecule has 10 atom stereocenters. The SMILES string of the molecule is COC(=O)CC[C@@H](C)[C@H]1CC[C@H]2[C@@H]3C[C@@H](Sc4ccc(C)cc4)[C@]45C[C@H]4CC[C@]5(C)[C@H]3CC[C@]12C. The van der Waals surface area contributed by atoms with E-state index in [1.165, 1.54) is 68.9 Å². The Morgan fingerprint density at radius 1 is 1.09 bits per heavy atom. The molecule has 5 aliphatic carbocycles. The van der Waals surface area contributed by atoms with E-state index >= 15 is 0 Å². The van der Waals surface area contributed by atoms with Crippen LogP contribution in [0.15, 0.2) is 29.2 Å². The molecule has 5 fully saturated rings. The van der Waals surface area contributed by atoms with Gasteiger partial charge in [-0.05, 0) is 129 Å². The Kier molecular flexibility index (Phi) is 5.95. The number of carbonyl (C=O) groups excluding carboxylic acids is 1. The molecule has 0 heterocycles. The first kappa shape index (κ1) is 24.4. The van der Waals surface area contributed by atoms with Gasteiger partial charge in [-0.25, -0.2) is 0 Å². The molecule has 35 heavy (non-hydrogen) atoms. The maximum atomic E-state index is 11.8. The van der Waals surface area contributed by atoms with Crippen LogP contribution in [0.1, 0.15) is 90.5 Å². The molecule has 192 valence electrons. The van der Waals surface area contributed by atoms with Crippen molar-refractivity contribution in [3.05, 3.63) is 29.8 Å². The van der Waals surface area contributed by atoms with Crippen LogP contribution < -0.4 is 0 Å². The zero-order valence-electron chi connectivity index (χ0n) is 22.6. The Labute approximate surface area is 217 Å². The first-order valence-electron chi connectivity index (χ1n) is 14.5. The van der Waals surface area contributed by atoms with Crippen LogP contribution in [0.3, 0.4) is 0 Å². The number of aryl methyl sites for hydroxylation is 1. The number of carbonyl (C=O) groups is 1. The van der Waals surface area contributed by atoms with Gasteiger partial charge in [0, 0.05) is 16.6 Å². The van der Waals surface area contributed by atoms with Crippen LogP contribution in [0.4, 0.5) is 0 Å². The summed E-state index contributed by atoms with van der Waals surface area (Å²) in [6, 6.07) is 9.37. The second kappa shape index (κ2) is 8.53. The average Bonchev–Trinajstić information content (AvgIpc) is 3.36. The molecule has 1 spiro atoms. The zero-order valence-corrected chi connectivity index (χ0v) is 23.5. The topological polar surface area (TPSA) is 26.3 Å². The second-order valence-electron chi connectivity index (χ2n) is 13.8. The molecule has 0 N–H and O–H groups in total. The van der Waals surface area contributed by atoms with Gasteiger partial charge in [-0.1, -0.05) is 38.5 Å². The fraction of sp³-hybridized carbons (Fsp3) is 0.781. The van der Waals surface area contributed by atoms with Gasteiger partial charge in [0.1, 0.15) is 0 Å². The van der Waals surface area contributed by atoms with E-state index in [2.05, 4.69) is 63.7 Å². The highest BCUT2D eigenvalue weighted by molar-refractivity contribution is 8.00. The van der Waals surface area contributed by atoms with Gasteiger partial charge in [0.15, 0.2) is 0 Å². The van der Waals surface area contributed by atoms with E-state index in [1.807, 2.05) is 0 Å². The maximum absolute atomic E-state index is 11.8. The fourth-order valence-corrected chi connectivity index (χ4v) is 12.5. The molecule has 0 radical (unpaired) electrons. The summed E-state index contributed by atoms with van der Waals surface area (Å²) < 4.78 is 4.96. The van der Waals surface area contributed by atoms with Gasteiger partial charge in [-0.3, -0.25) is 4.79 Å². The van der Waals surface area contributed by atoms with Crippen LogP contribution in [0, 0.1) is 58.7 Å². The number of rotatable bonds is 6. The third-order valence-corrected chi connectivity index (χ3v) is 14.1. The molecule has 0 saturated heterocycles. The number of ether oxygens (including phenoxy) is 1. The van der Waals surface area contributed by atoms with Gasteiger partial charge >= 0.3 is 5.97 Å². The molecular formula is C32H46O2S. The minimum absolute atomic E-state index is 0.0399. The standard InChI is InChI=1S/C32H46O2S/c1-20-6-9-23(10-7-20)35-28-18-24-26-12-11-25(21(2)8-13-29(33)34-5)30(26,3)16-15-27(24)31(4)17-14-22-19-32(22,28)31/h6-7,9-10,21-22,24-28H,8,11-19H2,1-5H3/t21-,22-,24+,25-,26+,27+,28-,30-,31-,32+/m1/s1. The minimum Gasteiger partial charge on any atom is -0.469 e. The minimum atomic E-state index is -0.0399. The Hall–Kier alpha value is -0.960. The van der Waals surface area contributed by atoms with Crippen LogP contribution in [0.25, 0.3) is 0 Å². The highest BCUT2D eigenvalue weighted by Crippen LogP contribution is 2.83. The number of benzene rings is 1. The Balaban J connectivity index is 1.26. The number of methoxy groups -OCH3 is 1. The van der Waals surface area contributed by atoms with Crippen LogP contribution in [-0.2, 0) is 9.53 Å². The zero-order chi connectivity index (χ0) is 24.6. The summed E-state index contributed by atoms with van der Waals surface area (Å²) in [6.07, 6.45) is 13.1. The van der Waals surface area contributed by atoms with Gasteiger partial charge < -0.3 is 4.74 Å². The van der Waals surface area contributed by atoms with Crippen LogP contribution >= 0.6 is 11.8 Å². The molecule has 0 aliphatic heterocycles. The molecule has 6 rings (SSSR count). The molecule has 0 aromatic heterocycles. The number of fused-ring (bicyclic) bond motifs is 4. The molecule has 1 aromatic rings. The lowest BCUT2D eigenvalue weighted by atomic mass is 9.45. The summed E-state index contributed by atoms with van der Waals surface area (Å²) in [5, 5.41) is 0.794. The number of thioether (sulfide) groups is 1. The summed E-state index contributed by atoms with van der Waals surface area (Å²) in [6.45, 7) is 10.0. The molecule has 3 heteroatoms. The predicted molar refractivity (Wildman–Crippen MR) is 144 cm³/mol. The van der Waals surface area contributed by atoms with Gasteiger partial charge in [0.25, 0.3) is 0 Å². The highest BCUT2D eigenvalue weighted by Gasteiger charge is 2.77.